The van der Waals surface area contributed by atoms with E-state index in [1.54, 1.807) is 12.4 Å². The summed E-state index contributed by atoms with van der Waals surface area (Å²) in [4.78, 5) is 4.06. The molecule has 4 heteroatoms. The molecule has 2 aromatic carbocycles. The van der Waals surface area contributed by atoms with Crippen molar-refractivity contribution in [2.45, 2.75) is 6.54 Å². The van der Waals surface area contributed by atoms with Gasteiger partial charge in [-0.05, 0) is 30.3 Å². The summed E-state index contributed by atoms with van der Waals surface area (Å²) < 4.78 is 5.88. The molecule has 0 spiro atoms. The van der Waals surface area contributed by atoms with E-state index in [0.29, 0.717) is 6.54 Å². The van der Waals surface area contributed by atoms with Crippen molar-refractivity contribution in [3.63, 3.8) is 0 Å². The molecule has 0 aliphatic heterocycles. The molecule has 1 aromatic heterocycles. The summed E-state index contributed by atoms with van der Waals surface area (Å²) in [5.74, 6) is 1.55. The fourth-order valence-corrected chi connectivity index (χ4v) is 2.05. The Kier molecular flexibility index (Phi) is 4.64. The third-order valence-electron chi connectivity index (χ3n) is 3.12. The molecule has 0 bridgehead atoms. The van der Waals surface area contributed by atoms with Crippen molar-refractivity contribution in [3.8, 4) is 11.5 Å². The molecule has 3 aromatic rings. The molecule has 1 heterocycles. The van der Waals surface area contributed by atoms with Gasteiger partial charge in [0.2, 0.25) is 0 Å². The lowest BCUT2D eigenvalue weighted by atomic mass is 10.2. The second-order valence-electron chi connectivity index (χ2n) is 4.74. The molecule has 110 valence electrons. The molecule has 2 N–H and O–H groups in total. The highest BCUT2D eigenvalue weighted by atomic mass is 16.5. The number of nitrogens with one attached hydrogen (secondary N) is 2. The Labute approximate surface area is 129 Å². The summed E-state index contributed by atoms with van der Waals surface area (Å²) in [6.07, 6.45) is 3.43. The van der Waals surface area contributed by atoms with Crippen LogP contribution >= 0.6 is 0 Å². The van der Waals surface area contributed by atoms with E-state index in [2.05, 4.69) is 15.8 Å². The second kappa shape index (κ2) is 7.24. The average Bonchev–Trinajstić information content (AvgIpc) is 2.58. The Bertz CT molecular complexity index is 702. The molecule has 0 amide bonds. The average molecular weight is 291 g/mol. The summed E-state index contributed by atoms with van der Waals surface area (Å²) in [6.45, 7) is 0.644. The summed E-state index contributed by atoms with van der Waals surface area (Å²) in [7, 11) is 0. The van der Waals surface area contributed by atoms with Gasteiger partial charge in [-0.15, -0.1) is 0 Å². The first-order valence-electron chi connectivity index (χ1n) is 7.11. The maximum atomic E-state index is 5.88. The van der Waals surface area contributed by atoms with Gasteiger partial charge in [-0.2, -0.15) is 0 Å². The highest BCUT2D eigenvalue weighted by molar-refractivity contribution is 5.42. The Morgan fingerprint density at radius 2 is 1.68 bits per heavy atom. The van der Waals surface area contributed by atoms with Crippen LogP contribution < -0.4 is 15.6 Å². The lowest BCUT2D eigenvalue weighted by Crippen LogP contribution is -2.21. The predicted molar refractivity (Wildman–Crippen MR) is 87.7 cm³/mol. The van der Waals surface area contributed by atoms with Gasteiger partial charge in [-0.25, -0.2) is 5.43 Å². The van der Waals surface area contributed by atoms with E-state index in [1.165, 1.54) is 0 Å². The smallest absolute Gasteiger partial charge is 0.145 e. The highest BCUT2D eigenvalue weighted by Crippen LogP contribution is 2.24. The van der Waals surface area contributed by atoms with Gasteiger partial charge in [0, 0.05) is 24.0 Å². The monoisotopic (exact) mass is 291 g/mol. The van der Waals surface area contributed by atoms with Crippen LogP contribution in [0.1, 0.15) is 5.56 Å². The molecular weight excluding hydrogens is 274 g/mol. The van der Waals surface area contributed by atoms with Crippen LogP contribution in [0, 0.1) is 0 Å². The van der Waals surface area contributed by atoms with Crippen molar-refractivity contribution in [1.29, 1.82) is 0 Å². The van der Waals surface area contributed by atoms with Gasteiger partial charge in [0.15, 0.2) is 0 Å². The summed E-state index contributed by atoms with van der Waals surface area (Å²) in [5.41, 5.74) is 8.45. The molecule has 22 heavy (non-hydrogen) atoms. The van der Waals surface area contributed by atoms with Gasteiger partial charge in [0.25, 0.3) is 0 Å². The third-order valence-corrected chi connectivity index (χ3v) is 3.12. The first kappa shape index (κ1) is 14.1. The van der Waals surface area contributed by atoms with E-state index in [-0.39, 0.29) is 0 Å². The number of hydrazine groups is 1. The Hall–Kier alpha value is -2.85. The lowest BCUT2D eigenvalue weighted by Gasteiger charge is -2.12. The minimum absolute atomic E-state index is 0.644. The predicted octanol–water partition coefficient (Wildman–Crippen LogP) is 3.99. The maximum Gasteiger partial charge on any atom is 0.145 e. The number of benzene rings is 2. The van der Waals surface area contributed by atoms with E-state index < -0.39 is 0 Å². The lowest BCUT2D eigenvalue weighted by molar-refractivity contribution is 0.472. The molecule has 0 fully saturated rings. The molecule has 4 nitrogen and oxygen atoms in total. The summed E-state index contributed by atoms with van der Waals surface area (Å²) in [6, 6.07) is 21.7. The molecule has 0 unspecified atom stereocenters. The standard InChI is InChI=1S/C18H17N3O/c1-2-8-16(9-3-1)21-20-13-15-7-4-5-11-18(15)22-17-10-6-12-19-14-17/h1-12,14,20-21H,13H2. The summed E-state index contributed by atoms with van der Waals surface area (Å²) >= 11 is 0. The molecule has 0 aliphatic carbocycles. The number of hydrogen-bond donors (Lipinski definition) is 2. The van der Waals surface area contributed by atoms with Gasteiger partial charge < -0.3 is 10.2 Å². The Morgan fingerprint density at radius 3 is 2.50 bits per heavy atom. The van der Waals surface area contributed by atoms with E-state index in [0.717, 1.165) is 22.7 Å². The van der Waals surface area contributed by atoms with Crippen LogP contribution in [-0.4, -0.2) is 4.98 Å². The zero-order chi connectivity index (χ0) is 15.0. The van der Waals surface area contributed by atoms with Gasteiger partial charge in [0.05, 0.1) is 6.20 Å². The number of para-hydroxylation sites is 2. The van der Waals surface area contributed by atoms with E-state index in [9.17, 15) is 0 Å². The van der Waals surface area contributed by atoms with Crippen LogP contribution in [0.5, 0.6) is 11.5 Å². The van der Waals surface area contributed by atoms with Crippen molar-refractivity contribution in [2.24, 2.45) is 0 Å². The molecule has 0 atom stereocenters. The summed E-state index contributed by atoms with van der Waals surface area (Å²) in [5, 5.41) is 0. The number of anilines is 1. The Balaban J connectivity index is 1.64. The molecule has 0 saturated carbocycles. The number of ether oxygens (including phenoxy) is 1. The number of rotatable bonds is 6. The number of aromatic nitrogens is 1. The van der Waals surface area contributed by atoms with Gasteiger partial charge in [-0.3, -0.25) is 4.98 Å². The van der Waals surface area contributed by atoms with E-state index >= 15 is 0 Å². The second-order valence-corrected chi connectivity index (χ2v) is 4.74. The Morgan fingerprint density at radius 1 is 0.864 bits per heavy atom. The molecule has 0 saturated heterocycles. The van der Waals surface area contributed by atoms with Crippen LogP contribution in [0.15, 0.2) is 79.1 Å². The third kappa shape index (κ3) is 3.84. The van der Waals surface area contributed by atoms with Crippen molar-refractivity contribution >= 4 is 5.69 Å². The van der Waals surface area contributed by atoms with E-state index in [1.807, 2.05) is 66.7 Å². The number of hydrogen-bond acceptors (Lipinski definition) is 4. The normalized spacial score (nSPS) is 10.2. The highest BCUT2D eigenvalue weighted by Gasteiger charge is 2.04. The molecule has 0 aliphatic rings. The zero-order valence-electron chi connectivity index (χ0n) is 12.1. The van der Waals surface area contributed by atoms with Gasteiger partial charge >= 0.3 is 0 Å². The minimum Gasteiger partial charge on any atom is -0.455 e. The van der Waals surface area contributed by atoms with Crippen molar-refractivity contribution in [1.82, 2.24) is 10.4 Å². The van der Waals surface area contributed by atoms with Gasteiger partial charge in [0.1, 0.15) is 11.5 Å². The number of nitrogens with zero attached hydrogens (tertiary/aromatic N) is 1. The largest absolute Gasteiger partial charge is 0.455 e. The van der Waals surface area contributed by atoms with Crippen LogP contribution in [0.3, 0.4) is 0 Å². The van der Waals surface area contributed by atoms with Crippen molar-refractivity contribution in [2.75, 3.05) is 5.43 Å². The first-order chi connectivity index (χ1) is 10.9. The van der Waals surface area contributed by atoms with Crippen LogP contribution in [0.4, 0.5) is 5.69 Å². The number of pyridine rings is 1. The quantitative estimate of drug-likeness (QED) is 0.674. The molecule has 3 rings (SSSR count). The first-order valence-corrected chi connectivity index (χ1v) is 7.11. The SMILES string of the molecule is c1ccc(NNCc2ccccc2Oc2cccnc2)cc1. The van der Waals surface area contributed by atoms with Crippen molar-refractivity contribution < 1.29 is 4.74 Å². The topological polar surface area (TPSA) is 46.2 Å². The van der Waals surface area contributed by atoms with Crippen LogP contribution in [0.25, 0.3) is 0 Å². The molecular formula is C18H17N3O. The van der Waals surface area contributed by atoms with Gasteiger partial charge in [-0.1, -0.05) is 36.4 Å². The van der Waals surface area contributed by atoms with Crippen molar-refractivity contribution in [3.05, 3.63) is 84.7 Å². The molecule has 0 radical (unpaired) electrons. The fourth-order valence-electron chi connectivity index (χ4n) is 2.05. The zero-order valence-corrected chi connectivity index (χ0v) is 12.1. The minimum atomic E-state index is 0.644. The maximum absolute atomic E-state index is 5.88. The fraction of sp³-hybridized carbons (Fsp3) is 0.0556. The van der Waals surface area contributed by atoms with E-state index in [4.69, 9.17) is 4.74 Å². The van der Waals surface area contributed by atoms with Crippen LogP contribution in [-0.2, 0) is 6.54 Å². The van der Waals surface area contributed by atoms with Crippen LogP contribution in [0.2, 0.25) is 0 Å².